The van der Waals surface area contributed by atoms with E-state index in [0.29, 0.717) is 11.8 Å². The van der Waals surface area contributed by atoms with Crippen molar-refractivity contribution < 1.29 is 9.47 Å². The van der Waals surface area contributed by atoms with Crippen LogP contribution >= 0.6 is 0 Å². The summed E-state index contributed by atoms with van der Waals surface area (Å²) < 4.78 is 12.7. The molecule has 0 radical (unpaired) electrons. The molecule has 2 saturated heterocycles. The summed E-state index contributed by atoms with van der Waals surface area (Å²) in [6.45, 7) is 2.91. The van der Waals surface area contributed by atoms with Crippen LogP contribution in [0.3, 0.4) is 0 Å². The summed E-state index contributed by atoms with van der Waals surface area (Å²) in [7, 11) is 0. The Morgan fingerprint density at radius 1 is 0.450 bits per heavy atom. The van der Waals surface area contributed by atoms with E-state index in [4.69, 9.17) is 29.4 Å². The quantitative estimate of drug-likeness (QED) is 0.291. The molecule has 2 aliphatic rings. The van der Waals surface area contributed by atoms with Gasteiger partial charge in [0.25, 0.3) is 11.8 Å². The smallest absolute Gasteiger partial charge is 0.279 e. The van der Waals surface area contributed by atoms with E-state index in [9.17, 15) is 0 Å². The van der Waals surface area contributed by atoms with Gasteiger partial charge in [-0.2, -0.15) is 0 Å². The molecule has 0 spiro atoms. The average molecular weight is 527 g/mol. The zero-order chi connectivity index (χ0) is 26.5. The third kappa shape index (κ3) is 4.18. The summed E-state index contributed by atoms with van der Waals surface area (Å²) in [4.78, 5) is 23.6. The van der Waals surface area contributed by atoms with Gasteiger partial charge in [-0.1, -0.05) is 48.5 Å². The van der Waals surface area contributed by atoms with Crippen molar-refractivity contribution in [3.8, 4) is 11.8 Å². The predicted octanol–water partition coefficient (Wildman–Crippen LogP) is 5.26. The van der Waals surface area contributed by atoms with Crippen LogP contribution in [0, 0.1) is 0 Å². The van der Waals surface area contributed by atoms with Crippen LogP contribution in [0.15, 0.2) is 97.1 Å². The van der Waals surface area contributed by atoms with Gasteiger partial charge in [0.1, 0.15) is 23.8 Å². The summed E-state index contributed by atoms with van der Waals surface area (Å²) in [5, 5.41) is 2.28. The number of nitrogens with zero attached hydrogens (tertiary/aromatic N) is 6. The van der Waals surface area contributed by atoms with Crippen molar-refractivity contribution in [1.82, 2.24) is 19.9 Å². The summed E-state index contributed by atoms with van der Waals surface area (Å²) in [5.41, 5.74) is 3.56. The molecule has 0 bridgehead atoms. The van der Waals surface area contributed by atoms with E-state index in [1.807, 2.05) is 60.7 Å². The molecule has 5 heterocycles. The van der Waals surface area contributed by atoms with Crippen molar-refractivity contribution >= 4 is 44.5 Å². The van der Waals surface area contributed by atoms with Gasteiger partial charge in [-0.3, -0.25) is 0 Å². The van der Waals surface area contributed by atoms with Gasteiger partial charge in [0.05, 0.1) is 48.2 Å². The molecule has 3 aromatic carbocycles. The van der Waals surface area contributed by atoms with Crippen molar-refractivity contribution in [2.24, 2.45) is 0 Å². The third-order valence-electron chi connectivity index (χ3n) is 7.58. The number of aromatic nitrogens is 4. The van der Waals surface area contributed by atoms with Gasteiger partial charge >= 0.3 is 0 Å². The van der Waals surface area contributed by atoms with Crippen molar-refractivity contribution in [1.29, 1.82) is 0 Å². The normalized spacial score (nSPS) is 15.8. The number of anilines is 2. The van der Waals surface area contributed by atoms with Gasteiger partial charge < -0.3 is 19.3 Å². The fourth-order valence-electron chi connectivity index (χ4n) is 5.30. The maximum atomic E-state index is 6.36. The third-order valence-corrected chi connectivity index (χ3v) is 7.58. The monoisotopic (exact) mass is 526 g/mol. The first-order chi connectivity index (χ1) is 19.7. The standard InChI is InChI=1S/C32H26N6O2/c1-3-9-25-21(7-1)13-15-29(33-25)37-17-23(18-37)39-31-32(36-28-12-6-5-11-27(28)35-31)40-24-19-38(20-24)30-16-14-22-8-2-4-10-26(22)34-30/h1-16,23-24H,17-20H2. The molecule has 196 valence electrons. The van der Waals surface area contributed by atoms with Crippen LogP contribution < -0.4 is 19.3 Å². The molecule has 0 atom stereocenters. The van der Waals surface area contributed by atoms with Gasteiger partial charge in [0.15, 0.2) is 0 Å². The van der Waals surface area contributed by atoms with E-state index >= 15 is 0 Å². The zero-order valence-electron chi connectivity index (χ0n) is 21.7. The fraction of sp³-hybridized carbons (Fsp3) is 0.188. The predicted molar refractivity (Wildman–Crippen MR) is 156 cm³/mol. The van der Waals surface area contributed by atoms with E-state index in [0.717, 1.165) is 70.7 Å². The lowest BCUT2D eigenvalue weighted by molar-refractivity contribution is 0.123. The van der Waals surface area contributed by atoms with Crippen LogP contribution in [0.25, 0.3) is 32.8 Å². The van der Waals surface area contributed by atoms with Gasteiger partial charge in [-0.25, -0.2) is 19.9 Å². The molecular formula is C32H26N6O2. The number of rotatable bonds is 6. The second kappa shape index (κ2) is 9.34. The molecule has 0 saturated carbocycles. The number of ether oxygens (including phenoxy) is 2. The first-order valence-electron chi connectivity index (χ1n) is 13.6. The molecule has 8 rings (SSSR count). The Balaban J connectivity index is 0.972. The summed E-state index contributed by atoms with van der Waals surface area (Å²) in [5.74, 6) is 2.79. The van der Waals surface area contributed by atoms with E-state index < -0.39 is 0 Å². The van der Waals surface area contributed by atoms with Crippen LogP contribution in [0.1, 0.15) is 0 Å². The van der Waals surface area contributed by atoms with Crippen LogP contribution in [-0.2, 0) is 0 Å². The number of hydrogen-bond acceptors (Lipinski definition) is 8. The highest BCUT2D eigenvalue weighted by atomic mass is 16.5. The molecule has 8 nitrogen and oxygen atoms in total. The first kappa shape index (κ1) is 23.0. The maximum Gasteiger partial charge on any atom is 0.279 e. The van der Waals surface area contributed by atoms with Crippen molar-refractivity contribution in [2.45, 2.75) is 12.2 Å². The second-order valence-corrected chi connectivity index (χ2v) is 10.3. The maximum absolute atomic E-state index is 6.36. The molecule has 0 aliphatic carbocycles. The lowest BCUT2D eigenvalue weighted by atomic mass is 10.1. The van der Waals surface area contributed by atoms with Gasteiger partial charge in [0, 0.05) is 10.8 Å². The highest BCUT2D eigenvalue weighted by Crippen LogP contribution is 2.32. The molecule has 2 fully saturated rings. The minimum absolute atomic E-state index is 0.0224. The van der Waals surface area contributed by atoms with E-state index in [1.165, 1.54) is 0 Å². The Bertz CT molecular complexity index is 1730. The topological polar surface area (TPSA) is 76.5 Å². The van der Waals surface area contributed by atoms with Gasteiger partial charge in [-0.15, -0.1) is 0 Å². The van der Waals surface area contributed by atoms with Crippen molar-refractivity contribution in [3.63, 3.8) is 0 Å². The Kier molecular flexibility index (Phi) is 5.36. The first-order valence-corrected chi connectivity index (χ1v) is 13.6. The minimum atomic E-state index is -0.0224. The SMILES string of the molecule is c1ccc2nc(N3CC(Oc4nc5ccccc5nc4OC4CN(c5ccc6ccccc6n5)C4)C3)ccc2c1. The zero-order valence-corrected chi connectivity index (χ0v) is 21.7. The molecule has 6 aromatic rings. The summed E-state index contributed by atoms with van der Waals surface area (Å²) in [6.07, 6.45) is -0.0449. The highest BCUT2D eigenvalue weighted by Gasteiger charge is 2.34. The van der Waals surface area contributed by atoms with Crippen LogP contribution in [0.4, 0.5) is 11.6 Å². The van der Waals surface area contributed by atoms with Gasteiger partial charge in [-0.05, 0) is 48.5 Å². The lowest BCUT2D eigenvalue weighted by Gasteiger charge is -2.41. The molecule has 40 heavy (non-hydrogen) atoms. The molecule has 3 aromatic heterocycles. The number of pyridine rings is 2. The number of benzene rings is 3. The van der Waals surface area contributed by atoms with Crippen molar-refractivity contribution in [2.75, 3.05) is 36.0 Å². The average Bonchev–Trinajstić information content (AvgIpc) is 2.96. The van der Waals surface area contributed by atoms with Gasteiger partial charge in [0.2, 0.25) is 0 Å². The number of para-hydroxylation sites is 4. The molecule has 0 amide bonds. The Labute approximate surface area is 230 Å². The fourth-order valence-corrected chi connectivity index (χ4v) is 5.30. The second-order valence-electron chi connectivity index (χ2n) is 10.3. The van der Waals surface area contributed by atoms with E-state index in [-0.39, 0.29) is 12.2 Å². The summed E-state index contributed by atoms with van der Waals surface area (Å²) >= 11 is 0. The number of fused-ring (bicyclic) bond motifs is 3. The largest absolute Gasteiger partial charge is 0.467 e. The Hall–Kier alpha value is -4.98. The highest BCUT2D eigenvalue weighted by molar-refractivity contribution is 5.81. The lowest BCUT2D eigenvalue weighted by Crippen LogP contribution is -2.55. The van der Waals surface area contributed by atoms with Crippen molar-refractivity contribution in [3.05, 3.63) is 97.1 Å². The summed E-state index contributed by atoms with van der Waals surface area (Å²) in [6, 6.07) is 32.5. The molecule has 2 aliphatic heterocycles. The van der Waals surface area contributed by atoms with E-state index in [2.05, 4.69) is 46.2 Å². The van der Waals surface area contributed by atoms with Crippen LogP contribution in [0.2, 0.25) is 0 Å². The molecule has 0 unspecified atom stereocenters. The van der Waals surface area contributed by atoms with Crippen LogP contribution in [-0.4, -0.2) is 58.3 Å². The minimum Gasteiger partial charge on any atom is -0.467 e. The number of hydrogen-bond donors (Lipinski definition) is 0. The van der Waals surface area contributed by atoms with E-state index in [1.54, 1.807) is 0 Å². The van der Waals surface area contributed by atoms with Crippen LogP contribution in [0.5, 0.6) is 11.8 Å². The molecule has 8 heteroatoms. The molecule has 0 N–H and O–H groups in total. The Morgan fingerprint density at radius 3 is 1.30 bits per heavy atom. The Morgan fingerprint density at radius 2 is 0.850 bits per heavy atom. The molecular weight excluding hydrogens is 500 g/mol.